The van der Waals surface area contributed by atoms with Crippen LogP contribution in [-0.4, -0.2) is 45.3 Å². The summed E-state index contributed by atoms with van der Waals surface area (Å²) >= 11 is 5.88. The number of carbonyl (C=O) groups is 1. The summed E-state index contributed by atoms with van der Waals surface area (Å²) in [4.78, 5) is 17.0. The molecule has 1 amide bonds. The second-order valence-corrected chi connectivity index (χ2v) is 8.61. The number of fused-ring (bicyclic) bond motifs is 1. The van der Waals surface area contributed by atoms with E-state index >= 15 is 0 Å². The molecule has 2 aliphatic rings. The van der Waals surface area contributed by atoms with Crippen molar-refractivity contribution in [3.8, 4) is 0 Å². The van der Waals surface area contributed by atoms with E-state index in [1.807, 2.05) is 11.0 Å². The van der Waals surface area contributed by atoms with E-state index < -0.39 is 0 Å². The number of carbonyl (C=O) groups excluding carboxylic acids is 1. The molecule has 2 aromatic rings. The molecule has 5 nitrogen and oxygen atoms in total. The molecule has 3 heterocycles. The van der Waals surface area contributed by atoms with Gasteiger partial charge in [0.1, 0.15) is 12.4 Å². The van der Waals surface area contributed by atoms with Crippen LogP contribution >= 0.6 is 11.6 Å². The van der Waals surface area contributed by atoms with Gasteiger partial charge in [0.15, 0.2) is 0 Å². The highest BCUT2D eigenvalue weighted by Crippen LogP contribution is 2.44. The summed E-state index contributed by atoms with van der Waals surface area (Å²) in [5.41, 5.74) is 0.857. The maximum absolute atomic E-state index is 13.8. The number of aromatic nitrogens is 2. The van der Waals surface area contributed by atoms with Crippen LogP contribution < -0.4 is 4.90 Å². The first-order valence-corrected chi connectivity index (χ1v) is 9.72. The first-order valence-electron chi connectivity index (χ1n) is 9.34. The van der Waals surface area contributed by atoms with Crippen LogP contribution in [0.5, 0.6) is 0 Å². The molecule has 27 heavy (non-hydrogen) atoms. The molecule has 2 saturated heterocycles. The smallest absolute Gasteiger partial charge is 0.244 e. The van der Waals surface area contributed by atoms with E-state index in [4.69, 9.17) is 11.6 Å². The molecule has 0 bridgehead atoms. The maximum atomic E-state index is 13.8. The highest BCUT2D eigenvalue weighted by atomic mass is 35.5. The van der Waals surface area contributed by atoms with Crippen LogP contribution in [0.1, 0.15) is 26.7 Å². The van der Waals surface area contributed by atoms with Crippen molar-refractivity contribution in [3.05, 3.63) is 47.5 Å². The van der Waals surface area contributed by atoms with E-state index in [0.717, 1.165) is 25.1 Å². The maximum Gasteiger partial charge on any atom is 0.244 e. The summed E-state index contributed by atoms with van der Waals surface area (Å²) in [6.45, 7) is 6.05. The Morgan fingerprint density at radius 2 is 2.22 bits per heavy atom. The molecule has 144 valence electrons. The van der Waals surface area contributed by atoms with E-state index in [2.05, 4.69) is 23.8 Å². The van der Waals surface area contributed by atoms with Crippen molar-refractivity contribution < 1.29 is 9.18 Å². The van der Waals surface area contributed by atoms with Crippen molar-refractivity contribution in [1.82, 2.24) is 14.7 Å². The highest BCUT2D eigenvalue weighted by molar-refractivity contribution is 6.30. The highest BCUT2D eigenvalue weighted by Gasteiger charge is 2.48. The van der Waals surface area contributed by atoms with Crippen molar-refractivity contribution in [3.63, 3.8) is 0 Å². The quantitative estimate of drug-likeness (QED) is 0.804. The minimum atomic E-state index is -0.211. The Morgan fingerprint density at radius 3 is 2.93 bits per heavy atom. The van der Waals surface area contributed by atoms with Crippen LogP contribution in [0.3, 0.4) is 0 Å². The first-order chi connectivity index (χ1) is 12.8. The van der Waals surface area contributed by atoms with Gasteiger partial charge in [-0.15, -0.1) is 0 Å². The van der Waals surface area contributed by atoms with Crippen LogP contribution in [0.4, 0.5) is 10.1 Å². The zero-order valence-corrected chi connectivity index (χ0v) is 16.4. The van der Waals surface area contributed by atoms with Crippen LogP contribution in [-0.2, 0) is 11.3 Å². The van der Waals surface area contributed by atoms with Crippen LogP contribution in [0.2, 0.25) is 5.02 Å². The molecule has 1 aromatic heterocycles. The van der Waals surface area contributed by atoms with Crippen molar-refractivity contribution in [2.75, 3.05) is 18.0 Å². The van der Waals surface area contributed by atoms with Crippen LogP contribution in [0, 0.1) is 11.7 Å². The standard InChI is InChI=1S/C20H24ClFN4O/c1-20(2)9-14-11-24(19(27)13-25-12-15(21)10-23-25)7-6-18(14)26(20)17-5-3-4-16(22)8-17/h3-5,8,10,12,14,18H,6-7,9,11,13H2,1-2H3/t14-,18+/m1/s1. The van der Waals surface area contributed by atoms with Gasteiger partial charge in [-0.05, 0) is 50.8 Å². The molecule has 1 aromatic carbocycles. The Hall–Kier alpha value is -2.08. The molecular formula is C20H24ClFN4O. The van der Waals surface area contributed by atoms with Crippen molar-refractivity contribution >= 4 is 23.2 Å². The molecule has 0 unspecified atom stereocenters. The lowest BCUT2D eigenvalue weighted by atomic mass is 9.90. The van der Waals surface area contributed by atoms with Gasteiger partial charge in [0.25, 0.3) is 0 Å². The monoisotopic (exact) mass is 390 g/mol. The lowest BCUT2D eigenvalue weighted by Crippen LogP contribution is -2.50. The van der Waals surface area contributed by atoms with Gasteiger partial charge in [-0.3, -0.25) is 9.48 Å². The van der Waals surface area contributed by atoms with E-state index in [-0.39, 0.29) is 23.8 Å². The molecule has 4 rings (SSSR count). The molecule has 2 fully saturated rings. The Morgan fingerprint density at radius 1 is 1.41 bits per heavy atom. The van der Waals surface area contributed by atoms with E-state index in [9.17, 15) is 9.18 Å². The topological polar surface area (TPSA) is 41.4 Å². The SMILES string of the molecule is CC1(C)C[C@@H]2CN(C(=O)Cn3cc(Cl)cn3)CC[C@@H]2N1c1cccc(F)c1. The van der Waals surface area contributed by atoms with E-state index in [0.29, 0.717) is 23.5 Å². The predicted molar refractivity (Wildman–Crippen MR) is 103 cm³/mol. The van der Waals surface area contributed by atoms with Crippen molar-refractivity contribution in [2.45, 2.75) is 44.8 Å². The van der Waals surface area contributed by atoms with Gasteiger partial charge in [0.2, 0.25) is 5.91 Å². The number of nitrogens with zero attached hydrogens (tertiary/aromatic N) is 4. The number of piperidine rings is 1. The molecule has 0 N–H and O–H groups in total. The van der Waals surface area contributed by atoms with Crippen molar-refractivity contribution in [2.24, 2.45) is 5.92 Å². The average molecular weight is 391 g/mol. The average Bonchev–Trinajstić information content (AvgIpc) is 3.12. The zero-order valence-electron chi connectivity index (χ0n) is 15.6. The van der Waals surface area contributed by atoms with Gasteiger partial charge in [-0.1, -0.05) is 17.7 Å². The van der Waals surface area contributed by atoms with Gasteiger partial charge >= 0.3 is 0 Å². The Bertz CT molecular complexity index is 852. The summed E-state index contributed by atoms with van der Waals surface area (Å²) in [5.74, 6) is 0.231. The second kappa shape index (κ2) is 6.82. The fourth-order valence-electron chi connectivity index (χ4n) is 4.81. The Balaban J connectivity index is 1.49. The summed E-state index contributed by atoms with van der Waals surface area (Å²) in [6, 6.07) is 7.16. The van der Waals surface area contributed by atoms with Gasteiger partial charge in [-0.2, -0.15) is 5.10 Å². The van der Waals surface area contributed by atoms with Crippen LogP contribution in [0.15, 0.2) is 36.7 Å². The number of benzene rings is 1. The molecule has 0 aliphatic carbocycles. The minimum Gasteiger partial charge on any atom is -0.363 e. The van der Waals surface area contributed by atoms with E-state index in [1.165, 1.54) is 12.3 Å². The molecule has 7 heteroatoms. The third kappa shape index (κ3) is 3.55. The molecule has 2 atom stereocenters. The Labute approximate surface area is 163 Å². The van der Waals surface area contributed by atoms with Crippen molar-refractivity contribution in [1.29, 1.82) is 0 Å². The molecule has 0 spiro atoms. The van der Waals surface area contributed by atoms with E-state index in [1.54, 1.807) is 23.0 Å². The molecule has 2 aliphatic heterocycles. The number of likely N-dealkylation sites (tertiary alicyclic amines) is 1. The van der Waals surface area contributed by atoms with Gasteiger partial charge < -0.3 is 9.80 Å². The predicted octanol–water partition coefficient (Wildman–Crippen LogP) is 3.58. The van der Waals surface area contributed by atoms with Crippen LogP contribution in [0.25, 0.3) is 0 Å². The number of rotatable bonds is 3. The summed E-state index contributed by atoms with van der Waals surface area (Å²) in [5, 5.41) is 4.63. The fourth-order valence-corrected chi connectivity index (χ4v) is 4.96. The second-order valence-electron chi connectivity index (χ2n) is 8.18. The molecule has 0 radical (unpaired) electrons. The van der Waals surface area contributed by atoms with Gasteiger partial charge in [0.05, 0.1) is 11.2 Å². The first kappa shape index (κ1) is 18.3. The summed E-state index contributed by atoms with van der Waals surface area (Å²) in [6.07, 6.45) is 5.07. The molecular weight excluding hydrogens is 367 g/mol. The normalized spacial score (nSPS) is 24.1. The minimum absolute atomic E-state index is 0.0650. The number of hydrogen-bond donors (Lipinski definition) is 0. The number of anilines is 1. The van der Waals surface area contributed by atoms with Gasteiger partial charge in [-0.25, -0.2) is 4.39 Å². The zero-order chi connectivity index (χ0) is 19.2. The lowest BCUT2D eigenvalue weighted by molar-refractivity contribution is -0.133. The third-order valence-electron chi connectivity index (χ3n) is 5.78. The summed E-state index contributed by atoms with van der Waals surface area (Å²) < 4.78 is 15.4. The number of hydrogen-bond acceptors (Lipinski definition) is 3. The fraction of sp³-hybridized carbons (Fsp3) is 0.500. The lowest BCUT2D eigenvalue weighted by Gasteiger charge is -2.41. The Kier molecular flexibility index (Phi) is 4.62. The molecule has 0 saturated carbocycles. The number of amides is 1. The third-order valence-corrected chi connectivity index (χ3v) is 5.97. The largest absolute Gasteiger partial charge is 0.363 e. The number of halogens is 2. The van der Waals surface area contributed by atoms with Gasteiger partial charge in [0, 0.05) is 36.6 Å². The summed E-state index contributed by atoms with van der Waals surface area (Å²) in [7, 11) is 0.